The first-order chi connectivity index (χ1) is 14.8. The first-order valence-corrected chi connectivity index (χ1v) is 11.3. The smallest absolute Gasteiger partial charge is 0.317 e. The number of amides is 2. The zero-order chi connectivity index (χ0) is 22.5. The monoisotopic (exact) mass is 447 g/mol. The van der Waals surface area contributed by atoms with E-state index in [1.54, 1.807) is 12.1 Å². The number of urea groups is 1. The van der Waals surface area contributed by atoms with Gasteiger partial charge in [0.2, 0.25) is 0 Å². The van der Waals surface area contributed by atoms with Crippen molar-refractivity contribution < 1.29 is 9.18 Å². The molecule has 1 fully saturated rings. The molecular weight excluding hydrogens is 417 g/mol. The third kappa shape index (κ3) is 5.26. The Morgan fingerprint density at radius 2 is 1.87 bits per heavy atom. The van der Waals surface area contributed by atoms with E-state index in [1.165, 1.54) is 6.07 Å². The Labute approximate surface area is 188 Å². The van der Waals surface area contributed by atoms with Gasteiger partial charge in [-0.2, -0.15) is 0 Å². The van der Waals surface area contributed by atoms with Gasteiger partial charge in [0, 0.05) is 66.9 Å². The van der Waals surface area contributed by atoms with E-state index in [-0.39, 0.29) is 17.8 Å². The van der Waals surface area contributed by atoms with Crippen LogP contribution in [0, 0.1) is 5.82 Å². The highest BCUT2D eigenvalue weighted by molar-refractivity contribution is 6.31. The van der Waals surface area contributed by atoms with Gasteiger partial charge in [-0.25, -0.2) is 19.2 Å². The number of halogens is 2. The summed E-state index contributed by atoms with van der Waals surface area (Å²) in [5.74, 6) is 1.45. The minimum Gasteiger partial charge on any atom is -0.353 e. The summed E-state index contributed by atoms with van der Waals surface area (Å²) in [6, 6.07) is 4.71. The van der Waals surface area contributed by atoms with E-state index in [9.17, 15) is 9.18 Å². The Morgan fingerprint density at radius 3 is 2.45 bits per heavy atom. The van der Waals surface area contributed by atoms with Crippen LogP contribution in [-0.4, -0.2) is 53.6 Å². The lowest BCUT2D eigenvalue weighted by Crippen LogP contribution is -2.52. The van der Waals surface area contributed by atoms with Crippen LogP contribution in [0.1, 0.15) is 56.3 Å². The first-order valence-electron chi connectivity index (χ1n) is 11.0. The van der Waals surface area contributed by atoms with Crippen LogP contribution in [0.4, 0.5) is 15.0 Å². The van der Waals surface area contributed by atoms with Gasteiger partial charge in [-0.3, -0.25) is 0 Å². The van der Waals surface area contributed by atoms with Gasteiger partial charge in [0.15, 0.2) is 0 Å². The molecule has 1 aromatic carbocycles. The topological polar surface area (TPSA) is 61.4 Å². The maximum atomic E-state index is 14.6. The van der Waals surface area contributed by atoms with Crippen LogP contribution in [0.2, 0.25) is 5.02 Å². The molecule has 1 saturated heterocycles. The van der Waals surface area contributed by atoms with Crippen LogP contribution in [0.25, 0.3) is 0 Å². The number of rotatable bonds is 6. The average molecular weight is 448 g/mol. The quantitative estimate of drug-likeness (QED) is 0.713. The first kappa shape index (κ1) is 23.3. The normalized spacial score (nSPS) is 14.3. The van der Waals surface area contributed by atoms with E-state index in [4.69, 9.17) is 21.6 Å². The van der Waals surface area contributed by atoms with Crippen LogP contribution in [0.3, 0.4) is 0 Å². The van der Waals surface area contributed by atoms with E-state index in [0.717, 1.165) is 29.3 Å². The number of nitrogens with one attached hydrogen (secondary N) is 1. The van der Waals surface area contributed by atoms with Gasteiger partial charge in [-0.1, -0.05) is 38.4 Å². The molecule has 1 aliphatic rings. The number of nitrogens with zero attached hydrogens (tertiary/aromatic N) is 4. The molecule has 2 heterocycles. The molecule has 1 N–H and O–H groups in total. The molecule has 0 saturated carbocycles. The third-order valence-corrected chi connectivity index (χ3v) is 5.90. The largest absolute Gasteiger partial charge is 0.353 e. The fourth-order valence-corrected chi connectivity index (χ4v) is 4.02. The number of aryl methyl sites for hydroxylation is 1. The maximum Gasteiger partial charge on any atom is 0.317 e. The average Bonchev–Trinajstić information content (AvgIpc) is 2.76. The van der Waals surface area contributed by atoms with Gasteiger partial charge in [0.05, 0.1) is 0 Å². The summed E-state index contributed by atoms with van der Waals surface area (Å²) in [4.78, 5) is 25.9. The molecule has 31 heavy (non-hydrogen) atoms. The Kier molecular flexibility index (Phi) is 7.70. The second-order valence-corrected chi connectivity index (χ2v) is 8.43. The number of anilines is 1. The Morgan fingerprint density at radius 1 is 1.16 bits per heavy atom. The molecule has 0 spiro atoms. The van der Waals surface area contributed by atoms with Crippen molar-refractivity contribution in [1.82, 2.24) is 20.2 Å². The Bertz CT molecular complexity index is 908. The van der Waals surface area contributed by atoms with Gasteiger partial charge in [0.25, 0.3) is 0 Å². The van der Waals surface area contributed by atoms with Crippen LogP contribution < -0.4 is 10.2 Å². The summed E-state index contributed by atoms with van der Waals surface area (Å²) >= 11 is 6.33. The lowest BCUT2D eigenvalue weighted by atomic mass is 10.0. The van der Waals surface area contributed by atoms with Crippen LogP contribution >= 0.6 is 11.6 Å². The molecule has 1 aromatic heterocycles. The minimum atomic E-state index is -0.325. The van der Waals surface area contributed by atoms with E-state index in [1.807, 2.05) is 11.8 Å². The summed E-state index contributed by atoms with van der Waals surface area (Å²) in [6.45, 7) is 11.2. The summed E-state index contributed by atoms with van der Waals surface area (Å²) in [5.41, 5.74) is 2.28. The molecule has 3 rings (SSSR count). The van der Waals surface area contributed by atoms with Crippen molar-refractivity contribution in [2.45, 2.75) is 46.5 Å². The summed E-state index contributed by atoms with van der Waals surface area (Å²) in [6.07, 6.45) is 1.05. The minimum absolute atomic E-state index is 0.0414. The maximum absolute atomic E-state index is 14.6. The lowest BCUT2D eigenvalue weighted by molar-refractivity contribution is 0.195. The van der Waals surface area contributed by atoms with Crippen molar-refractivity contribution in [3.05, 3.63) is 51.7 Å². The van der Waals surface area contributed by atoms with Crippen molar-refractivity contribution in [2.24, 2.45) is 0 Å². The van der Waals surface area contributed by atoms with Crippen molar-refractivity contribution >= 4 is 23.4 Å². The molecule has 0 unspecified atom stereocenters. The van der Waals surface area contributed by atoms with Crippen molar-refractivity contribution in [1.29, 1.82) is 0 Å². The van der Waals surface area contributed by atoms with Gasteiger partial charge in [-0.05, 0) is 25.5 Å². The number of hydrogen-bond acceptors (Lipinski definition) is 4. The SMILES string of the molecule is CCNC(=O)N1CCN(c2nc(C(C)C)nc(CC)c2Cc2c(F)cccc2Cl)CC1. The Balaban J connectivity index is 1.98. The highest BCUT2D eigenvalue weighted by Gasteiger charge is 2.26. The van der Waals surface area contributed by atoms with E-state index in [0.29, 0.717) is 49.7 Å². The summed E-state index contributed by atoms with van der Waals surface area (Å²) in [5, 5.41) is 3.26. The molecule has 8 heteroatoms. The zero-order valence-corrected chi connectivity index (χ0v) is 19.5. The molecular formula is C23H31ClFN5O. The second-order valence-electron chi connectivity index (χ2n) is 8.03. The number of hydrogen-bond donors (Lipinski definition) is 1. The molecule has 0 bridgehead atoms. The zero-order valence-electron chi connectivity index (χ0n) is 18.7. The second kappa shape index (κ2) is 10.3. The Hall–Kier alpha value is -2.41. The van der Waals surface area contributed by atoms with E-state index < -0.39 is 0 Å². The van der Waals surface area contributed by atoms with Crippen LogP contribution in [0.15, 0.2) is 18.2 Å². The standard InChI is InChI=1S/C23H31ClFN5O/c1-5-20-17(14-16-18(24)8-7-9-19(16)25)22(28-21(27-20)15(3)4)29-10-12-30(13-11-29)23(31)26-6-2/h7-9,15H,5-6,10-14H2,1-4H3,(H,26,31). The number of carbonyl (C=O) groups excluding carboxylic acids is 1. The number of piperazine rings is 1. The fourth-order valence-electron chi connectivity index (χ4n) is 3.79. The summed E-state index contributed by atoms with van der Waals surface area (Å²) < 4.78 is 14.6. The van der Waals surface area contributed by atoms with Gasteiger partial charge >= 0.3 is 6.03 Å². The van der Waals surface area contributed by atoms with Crippen molar-refractivity contribution in [2.75, 3.05) is 37.6 Å². The lowest BCUT2D eigenvalue weighted by Gasteiger charge is -2.36. The number of carbonyl (C=O) groups is 1. The van der Waals surface area contributed by atoms with Gasteiger partial charge in [-0.15, -0.1) is 0 Å². The number of aromatic nitrogens is 2. The molecule has 0 aliphatic carbocycles. The molecule has 2 aromatic rings. The third-order valence-electron chi connectivity index (χ3n) is 5.55. The number of benzene rings is 1. The van der Waals surface area contributed by atoms with Crippen molar-refractivity contribution in [3.8, 4) is 0 Å². The van der Waals surface area contributed by atoms with E-state index >= 15 is 0 Å². The van der Waals surface area contributed by atoms with Gasteiger partial charge in [0.1, 0.15) is 17.5 Å². The highest BCUT2D eigenvalue weighted by Crippen LogP contribution is 2.30. The van der Waals surface area contributed by atoms with Gasteiger partial charge < -0.3 is 15.1 Å². The molecule has 0 radical (unpaired) electrons. The molecule has 2 amide bonds. The highest BCUT2D eigenvalue weighted by atomic mass is 35.5. The predicted molar refractivity (Wildman–Crippen MR) is 123 cm³/mol. The molecule has 1 aliphatic heterocycles. The van der Waals surface area contributed by atoms with Crippen molar-refractivity contribution in [3.63, 3.8) is 0 Å². The van der Waals surface area contributed by atoms with Crippen LogP contribution in [0.5, 0.6) is 0 Å². The summed E-state index contributed by atoms with van der Waals surface area (Å²) in [7, 11) is 0. The van der Waals surface area contributed by atoms with E-state index in [2.05, 4.69) is 31.0 Å². The molecule has 6 nitrogen and oxygen atoms in total. The molecule has 168 valence electrons. The molecule has 0 atom stereocenters. The predicted octanol–water partition coefficient (Wildman–Crippen LogP) is 4.40. The fraction of sp³-hybridized carbons (Fsp3) is 0.522. The van der Waals surface area contributed by atoms with Crippen LogP contribution in [-0.2, 0) is 12.8 Å².